The summed E-state index contributed by atoms with van der Waals surface area (Å²) < 4.78 is 116. The quantitative estimate of drug-likeness (QED) is 0.488. The van der Waals surface area contributed by atoms with E-state index in [1.54, 1.807) is 0 Å². The Bertz CT molecular complexity index is 747. The van der Waals surface area contributed by atoms with Gasteiger partial charge in [-0.25, -0.2) is 0 Å². The molecule has 0 fully saturated rings. The average molecular weight is 372 g/mol. The molecule has 25 heavy (non-hydrogen) atoms. The van der Waals surface area contributed by atoms with Crippen molar-refractivity contribution in [2.24, 2.45) is 0 Å². The lowest BCUT2D eigenvalue weighted by atomic mass is 9.96. The van der Waals surface area contributed by atoms with E-state index in [1.807, 2.05) is 0 Å². The Balaban J connectivity index is 2.73. The average Bonchev–Trinajstić information content (AvgIpc) is 2.43. The predicted molar refractivity (Wildman–Crippen MR) is 71.6 cm³/mol. The number of benzene rings is 2. The number of aryl methyl sites for hydroxylation is 1. The van der Waals surface area contributed by atoms with Crippen LogP contribution in [0.3, 0.4) is 0 Å². The fraction of sp³-hybridized carbons (Fsp3) is 0.250. The molecule has 0 saturated heterocycles. The van der Waals surface area contributed by atoms with E-state index in [0.717, 1.165) is 12.1 Å². The van der Waals surface area contributed by atoms with Crippen LogP contribution in [0.15, 0.2) is 36.4 Å². The third-order valence-electron chi connectivity index (χ3n) is 3.33. The first-order valence-corrected chi connectivity index (χ1v) is 6.66. The smallest absolute Gasteiger partial charge is 0.166 e. The number of alkyl halides is 9. The summed E-state index contributed by atoms with van der Waals surface area (Å²) in [5.41, 5.74) is -5.27. The molecule has 2 aromatic rings. The minimum atomic E-state index is -5.08. The SMILES string of the molecule is Cc1cc(-c2cc(C(F)(F)F)cc(C(F)(F)F)c2)cc(C(F)(F)F)c1. The molecule has 0 saturated carbocycles. The van der Waals surface area contributed by atoms with Gasteiger partial charge in [0, 0.05) is 0 Å². The molecule has 136 valence electrons. The molecule has 0 aliphatic carbocycles. The van der Waals surface area contributed by atoms with Crippen LogP contribution < -0.4 is 0 Å². The highest BCUT2D eigenvalue weighted by molar-refractivity contribution is 5.67. The van der Waals surface area contributed by atoms with Gasteiger partial charge in [0.25, 0.3) is 0 Å². The highest BCUT2D eigenvalue weighted by Gasteiger charge is 2.37. The maximum Gasteiger partial charge on any atom is 0.416 e. The summed E-state index contributed by atoms with van der Waals surface area (Å²) in [5.74, 6) is 0. The summed E-state index contributed by atoms with van der Waals surface area (Å²) in [6.07, 6.45) is -14.9. The molecule has 9 heteroatoms. The fourth-order valence-corrected chi connectivity index (χ4v) is 2.24. The third-order valence-corrected chi connectivity index (χ3v) is 3.33. The number of halogens is 9. The van der Waals surface area contributed by atoms with Crippen molar-refractivity contribution in [2.45, 2.75) is 25.5 Å². The van der Waals surface area contributed by atoms with Crippen LogP contribution in [0.2, 0.25) is 0 Å². The molecule has 0 amide bonds. The van der Waals surface area contributed by atoms with Crippen molar-refractivity contribution >= 4 is 0 Å². The molecule has 0 spiro atoms. The molecule has 2 rings (SSSR count). The van der Waals surface area contributed by atoms with E-state index in [4.69, 9.17) is 0 Å². The first-order valence-electron chi connectivity index (χ1n) is 6.66. The van der Waals surface area contributed by atoms with Crippen LogP contribution in [-0.4, -0.2) is 0 Å². The van der Waals surface area contributed by atoms with Gasteiger partial charge in [0.1, 0.15) is 0 Å². The predicted octanol–water partition coefficient (Wildman–Crippen LogP) is 6.72. The van der Waals surface area contributed by atoms with E-state index in [9.17, 15) is 39.5 Å². The lowest BCUT2D eigenvalue weighted by Crippen LogP contribution is -2.11. The zero-order chi connectivity index (χ0) is 19.2. The Morgan fingerprint density at radius 1 is 0.480 bits per heavy atom. The van der Waals surface area contributed by atoms with Gasteiger partial charge in [0.05, 0.1) is 16.7 Å². The molecule has 0 N–H and O–H groups in total. The Kier molecular flexibility index (Phi) is 4.56. The van der Waals surface area contributed by atoms with Gasteiger partial charge in [-0.15, -0.1) is 0 Å². The largest absolute Gasteiger partial charge is 0.416 e. The van der Waals surface area contributed by atoms with Crippen LogP contribution in [0.4, 0.5) is 39.5 Å². The second kappa shape index (κ2) is 5.96. The van der Waals surface area contributed by atoms with Crippen molar-refractivity contribution in [2.75, 3.05) is 0 Å². The monoisotopic (exact) mass is 372 g/mol. The van der Waals surface area contributed by atoms with Crippen molar-refractivity contribution in [3.8, 4) is 11.1 Å². The van der Waals surface area contributed by atoms with Crippen molar-refractivity contribution in [3.63, 3.8) is 0 Å². The summed E-state index contributed by atoms with van der Waals surface area (Å²) >= 11 is 0. The Morgan fingerprint density at radius 2 is 0.800 bits per heavy atom. The Morgan fingerprint density at radius 3 is 1.16 bits per heavy atom. The molecule has 0 nitrogen and oxygen atoms in total. The van der Waals surface area contributed by atoms with Crippen molar-refractivity contribution in [3.05, 3.63) is 58.7 Å². The first-order chi connectivity index (χ1) is 11.2. The summed E-state index contributed by atoms with van der Waals surface area (Å²) in [4.78, 5) is 0. The lowest BCUT2D eigenvalue weighted by molar-refractivity contribution is -0.143. The maximum absolute atomic E-state index is 12.9. The minimum absolute atomic E-state index is 0.0517. The standard InChI is InChI=1S/C16H9F9/c1-8-2-9(4-11(3-8)14(17,18)19)10-5-12(15(20,21)22)7-13(6-10)16(23,24)25/h2-7H,1H3. The van der Waals surface area contributed by atoms with Crippen molar-refractivity contribution in [1.29, 1.82) is 0 Å². The number of hydrogen-bond acceptors (Lipinski definition) is 0. The van der Waals surface area contributed by atoms with Crippen molar-refractivity contribution < 1.29 is 39.5 Å². The molecule has 0 radical (unpaired) electrons. The molecule has 0 heterocycles. The van der Waals surface area contributed by atoms with Crippen LogP contribution >= 0.6 is 0 Å². The molecule has 0 aliphatic rings. The topological polar surface area (TPSA) is 0 Å². The molecule has 2 aromatic carbocycles. The Labute approximate surface area is 135 Å². The van der Waals surface area contributed by atoms with Gasteiger partial charge in [-0.3, -0.25) is 0 Å². The summed E-state index contributed by atoms with van der Waals surface area (Å²) in [6.45, 7) is 1.26. The van der Waals surface area contributed by atoms with Crippen LogP contribution in [0, 0.1) is 6.92 Å². The second-order valence-electron chi connectivity index (χ2n) is 5.38. The van der Waals surface area contributed by atoms with Crippen LogP contribution in [-0.2, 0) is 18.5 Å². The maximum atomic E-state index is 12.9. The summed E-state index contributed by atoms with van der Waals surface area (Å²) in [6, 6.07) is 3.06. The third kappa shape index (κ3) is 4.46. The molecule has 0 aliphatic heterocycles. The molecular weight excluding hydrogens is 363 g/mol. The number of hydrogen-bond donors (Lipinski definition) is 0. The van der Waals surface area contributed by atoms with Gasteiger partial charge in [0.2, 0.25) is 0 Å². The van der Waals surface area contributed by atoms with Crippen molar-refractivity contribution in [1.82, 2.24) is 0 Å². The van der Waals surface area contributed by atoms with Crippen LogP contribution in [0.25, 0.3) is 11.1 Å². The van der Waals surface area contributed by atoms with Gasteiger partial charge < -0.3 is 0 Å². The lowest BCUT2D eigenvalue weighted by Gasteiger charge is -2.16. The first kappa shape index (κ1) is 19.1. The normalized spacial score (nSPS) is 13.2. The van der Waals surface area contributed by atoms with E-state index < -0.39 is 40.8 Å². The minimum Gasteiger partial charge on any atom is -0.166 e. The van der Waals surface area contributed by atoms with E-state index in [2.05, 4.69) is 0 Å². The van der Waals surface area contributed by atoms with Gasteiger partial charge in [-0.2, -0.15) is 39.5 Å². The van der Waals surface area contributed by atoms with E-state index in [0.29, 0.717) is 18.2 Å². The molecule has 0 bridgehead atoms. The van der Waals surface area contributed by atoms with E-state index in [-0.39, 0.29) is 17.2 Å². The van der Waals surface area contributed by atoms with Gasteiger partial charge in [-0.05, 0) is 53.9 Å². The molecular formula is C16H9F9. The zero-order valence-electron chi connectivity index (χ0n) is 12.4. The highest BCUT2D eigenvalue weighted by Crippen LogP contribution is 2.40. The van der Waals surface area contributed by atoms with Gasteiger partial charge >= 0.3 is 18.5 Å². The fourth-order valence-electron chi connectivity index (χ4n) is 2.24. The highest BCUT2D eigenvalue weighted by atomic mass is 19.4. The Hall–Kier alpha value is -2.19. The van der Waals surface area contributed by atoms with E-state index >= 15 is 0 Å². The van der Waals surface area contributed by atoms with Gasteiger partial charge in [-0.1, -0.05) is 6.07 Å². The van der Waals surface area contributed by atoms with Crippen LogP contribution in [0.1, 0.15) is 22.3 Å². The van der Waals surface area contributed by atoms with E-state index in [1.165, 1.54) is 6.92 Å². The number of rotatable bonds is 1. The summed E-state index contributed by atoms with van der Waals surface area (Å²) in [5, 5.41) is 0. The molecule has 0 unspecified atom stereocenters. The zero-order valence-corrected chi connectivity index (χ0v) is 12.4. The molecule has 0 atom stereocenters. The van der Waals surface area contributed by atoms with Gasteiger partial charge in [0.15, 0.2) is 0 Å². The summed E-state index contributed by atoms with van der Waals surface area (Å²) in [7, 11) is 0. The molecule has 0 aromatic heterocycles. The second-order valence-corrected chi connectivity index (χ2v) is 5.38. The van der Waals surface area contributed by atoms with Crippen LogP contribution in [0.5, 0.6) is 0 Å².